The number of hydrogen-bond donors (Lipinski definition) is 2. The lowest BCUT2D eigenvalue weighted by Crippen LogP contribution is -2.50. The lowest BCUT2D eigenvalue weighted by Gasteiger charge is -2.29. The van der Waals surface area contributed by atoms with Crippen LogP contribution in [-0.2, 0) is 14.2 Å². The summed E-state index contributed by atoms with van der Waals surface area (Å²) in [7, 11) is 0. The molecule has 0 bridgehead atoms. The largest absolute Gasteiger partial charge is 0.456 e. The van der Waals surface area contributed by atoms with Gasteiger partial charge in [0.25, 0.3) is 0 Å². The molecule has 0 amide bonds. The fraction of sp³-hybridized carbons (Fsp3) is 0.333. The highest BCUT2D eigenvalue weighted by atomic mass is 16.7. The molecule has 1 aliphatic heterocycles. The summed E-state index contributed by atoms with van der Waals surface area (Å²) in [6.45, 7) is 2.84. The first-order chi connectivity index (χ1) is 13.3. The maximum Gasteiger partial charge on any atom is 0.338 e. The summed E-state index contributed by atoms with van der Waals surface area (Å²) in [5.74, 6) is -1.28. The molecule has 2 aromatic rings. The van der Waals surface area contributed by atoms with E-state index in [2.05, 4.69) is 0 Å². The van der Waals surface area contributed by atoms with Crippen LogP contribution in [0.4, 0.5) is 0 Å². The van der Waals surface area contributed by atoms with Gasteiger partial charge in [-0.25, -0.2) is 9.59 Å². The molecule has 1 heterocycles. The van der Waals surface area contributed by atoms with E-state index in [9.17, 15) is 19.8 Å². The number of carbonyl (C=O) groups is 2. The molecule has 5 atom stereocenters. The van der Waals surface area contributed by atoms with E-state index in [1.807, 2.05) is 0 Å². The van der Waals surface area contributed by atoms with Gasteiger partial charge in [-0.2, -0.15) is 0 Å². The van der Waals surface area contributed by atoms with Gasteiger partial charge >= 0.3 is 11.9 Å². The second kappa shape index (κ2) is 8.10. The summed E-state index contributed by atoms with van der Waals surface area (Å²) >= 11 is 0. The predicted molar refractivity (Wildman–Crippen MR) is 98.5 cm³/mol. The SMILES string of the molecule is C[C@@H](OC(=O)c1ccccc1)[C@H]1OC(O)[C@](C)(O)[C@@H]1OC(=O)c1ccccc1. The molecule has 0 radical (unpaired) electrons. The summed E-state index contributed by atoms with van der Waals surface area (Å²) in [6.07, 6.45) is -4.80. The van der Waals surface area contributed by atoms with E-state index in [1.54, 1.807) is 67.6 Å². The van der Waals surface area contributed by atoms with Crippen LogP contribution in [0.2, 0.25) is 0 Å². The van der Waals surface area contributed by atoms with Gasteiger partial charge in [-0.3, -0.25) is 0 Å². The van der Waals surface area contributed by atoms with E-state index in [-0.39, 0.29) is 5.56 Å². The van der Waals surface area contributed by atoms with Crippen LogP contribution >= 0.6 is 0 Å². The topological polar surface area (TPSA) is 102 Å². The van der Waals surface area contributed by atoms with Crippen LogP contribution in [0.15, 0.2) is 60.7 Å². The van der Waals surface area contributed by atoms with E-state index >= 15 is 0 Å². The highest BCUT2D eigenvalue weighted by Gasteiger charge is 2.57. The van der Waals surface area contributed by atoms with Crippen molar-refractivity contribution in [2.45, 2.75) is 44.1 Å². The first kappa shape index (κ1) is 20.0. The molecule has 2 aromatic carbocycles. The number of aliphatic hydroxyl groups is 2. The van der Waals surface area contributed by atoms with Gasteiger partial charge in [-0.05, 0) is 38.1 Å². The molecule has 7 heteroatoms. The zero-order valence-electron chi connectivity index (χ0n) is 15.5. The van der Waals surface area contributed by atoms with Gasteiger partial charge in [-0.15, -0.1) is 0 Å². The average Bonchev–Trinajstić information content (AvgIpc) is 2.92. The Morgan fingerprint density at radius 2 is 1.50 bits per heavy atom. The van der Waals surface area contributed by atoms with Gasteiger partial charge in [0.05, 0.1) is 11.1 Å². The number of esters is 2. The van der Waals surface area contributed by atoms with Crippen LogP contribution in [0.25, 0.3) is 0 Å². The quantitative estimate of drug-likeness (QED) is 0.757. The monoisotopic (exact) mass is 386 g/mol. The minimum Gasteiger partial charge on any atom is -0.456 e. The van der Waals surface area contributed by atoms with Crippen LogP contribution in [0, 0.1) is 0 Å². The number of carbonyl (C=O) groups excluding carboxylic acids is 2. The Morgan fingerprint density at radius 1 is 1.00 bits per heavy atom. The van der Waals surface area contributed by atoms with Gasteiger partial charge in [0, 0.05) is 0 Å². The van der Waals surface area contributed by atoms with Gasteiger partial charge in [0.2, 0.25) is 0 Å². The van der Waals surface area contributed by atoms with Crippen molar-refractivity contribution in [3.05, 3.63) is 71.8 Å². The fourth-order valence-corrected chi connectivity index (χ4v) is 3.01. The summed E-state index contributed by atoms with van der Waals surface area (Å²) in [5, 5.41) is 20.7. The van der Waals surface area contributed by atoms with Gasteiger partial charge < -0.3 is 24.4 Å². The third kappa shape index (κ3) is 4.06. The highest BCUT2D eigenvalue weighted by molar-refractivity contribution is 5.90. The van der Waals surface area contributed by atoms with Crippen LogP contribution in [-0.4, -0.2) is 52.4 Å². The van der Waals surface area contributed by atoms with E-state index in [4.69, 9.17) is 14.2 Å². The first-order valence-electron chi connectivity index (χ1n) is 8.88. The molecule has 0 aliphatic carbocycles. The lowest BCUT2D eigenvalue weighted by atomic mass is 9.95. The van der Waals surface area contributed by atoms with Crippen LogP contribution in [0.5, 0.6) is 0 Å². The molecule has 3 rings (SSSR count). The molecular formula is C21H22O7. The predicted octanol–water partition coefficient (Wildman–Crippen LogP) is 1.93. The summed E-state index contributed by atoms with van der Waals surface area (Å²) in [5.41, 5.74) is -1.24. The number of hydrogen-bond acceptors (Lipinski definition) is 7. The molecular weight excluding hydrogens is 364 g/mol. The van der Waals surface area contributed by atoms with Crippen molar-refractivity contribution in [1.82, 2.24) is 0 Å². The zero-order chi connectivity index (χ0) is 20.3. The molecule has 0 saturated carbocycles. The van der Waals surface area contributed by atoms with Gasteiger partial charge in [0.1, 0.15) is 12.2 Å². The van der Waals surface area contributed by atoms with Crippen molar-refractivity contribution >= 4 is 11.9 Å². The molecule has 7 nitrogen and oxygen atoms in total. The second-order valence-corrected chi connectivity index (χ2v) is 6.85. The second-order valence-electron chi connectivity index (χ2n) is 6.85. The molecule has 0 spiro atoms. The third-order valence-electron chi connectivity index (χ3n) is 4.67. The van der Waals surface area contributed by atoms with Crippen LogP contribution in [0.1, 0.15) is 34.6 Å². The average molecular weight is 386 g/mol. The zero-order valence-corrected chi connectivity index (χ0v) is 15.5. The van der Waals surface area contributed by atoms with Crippen molar-refractivity contribution in [1.29, 1.82) is 0 Å². The molecule has 28 heavy (non-hydrogen) atoms. The Labute approximate surface area is 162 Å². The van der Waals surface area contributed by atoms with Crippen molar-refractivity contribution in [3.8, 4) is 0 Å². The molecule has 148 valence electrons. The Balaban J connectivity index is 1.76. The molecule has 2 N–H and O–H groups in total. The lowest BCUT2D eigenvalue weighted by molar-refractivity contribution is -0.173. The van der Waals surface area contributed by atoms with Crippen molar-refractivity contribution in [3.63, 3.8) is 0 Å². The van der Waals surface area contributed by atoms with Crippen molar-refractivity contribution in [2.75, 3.05) is 0 Å². The Bertz CT molecular complexity index is 819. The smallest absolute Gasteiger partial charge is 0.338 e. The van der Waals surface area contributed by atoms with Crippen LogP contribution in [0.3, 0.4) is 0 Å². The van der Waals surface area contributed by atoms with E-state index in [0.717, 1.165) is 0 Å². The molecule has 0 aromatic heterocycles. The Kier molecular flexibility index (Phi) is 5.79. The van der Waals surface area contributed by atoms with Crippen molar-refractivity contribution < 1.29 is 34.0 Å². The highest BCUT2D eigenvalue weighted by Crippen LogP contribution is 2.35. The van der Waals surface area contributed by atoms with Gasteiger partial charge in [0.15, 0.2) is 18.0 Å². The number of rotatable bonds is 5. The van der Waals surface area contributed by atoms with E-state index in [0.29, 0.717) is 5.56 Å². The minimum absolute atomic E-state index is 0.285. The van der Waals surface area contributed by atoms with Gasteiger partial charge in [-0.1, -0.05) is 36.4 Å². The number of aliphatic hydroxyl groups excluding tert-OH is 1. The Hall–Kier alpha value is -2.74. The minimum atomic E-state index is -1.87. The summed E-state index contributed by atoms with van der Waals surface area (Å²) < 4.78 is 16.2. The maximum atomic E-state index is 12.4. The first-order valence-corrected chi connectivity index (χ1v) is 8.88. The maximum absolute atomic E-state index is 12.4. The fourth-order valence-electron chi connectivity index (χ4n) is 3.01. The summed E-state index contributed by atoms with van der Waals surface area (Å²) in [6, 6.07) is 16.6. The van der Waals surface area contributed by atoms with Crippen molar-refractivity contribution in [2.24, 2.45) is 0 Å². The van der Waals surface area contributed by atoms with Crippen LogP contribution < -0.4 is 0 Å². The molecule has 1 saturated heterocycles. The number of ether oxygens (including phenoxy) is 3. The molecule has 1 fully saturated rings. The molecule has 1 unspecified atom stereocenters. The summed E-state index contributed by atoms with van der Waals surface area (Å²) in [4.78, 5) is 24.7. The normalized spacial score (nSPS) is 27.8. The number of benzene rings is 2. The van der Waals surface area contributed by atoms with E-state index in [1.165, 1.54) is 6.92 Å². The van der Waals surface area contributed by atoms with E-state index < -0.39 is 42.1 Å². The Morgan fingerprint density at radius 3 is 2.04 bits per heavy atom. The third-order valence-corrected chi connectivity index (χ3v) is 4.67. The standard InChI is InChI=1S/C21H22O7/c1-13(26-18(22)14-9-5-3-6-10-14)16-17(21(2,25)20(24)27-16)28-19(23)15-11-7-4-8-12-15/h3-13,16-17,20,24-25H,1-2H3/t13-,16-,17-,20?,21-/m1/s1. The molecule has 1 aliphatic rings.